The lowest BCUT2D eigenvalue weighted by Gasteiger charge is -2.17. The summed E-state index contributed by atoms with van der Waals surface area (Å²) in [5.74, 6) is -0.130. The molecule has 0 unspecified atom stereocenters. The van der Waals surface area contributed by atoms with E-state index >= 15 is 0 Å². The van der Waals surface area contributed by atoms with Crippen LogP contribution in [0.5, 0.6) is 0 Å². The Labute approximate surface area is 95.4 Å². The Morgan fingerprint density at radius 3 is 2.44 bits per heavy atom. The third kappa shape index (κ3) is 2.79. The molecule has 16 heavy (non-hydrogen) atoms. The van der Waals surface area contributed by atoms with Crippen molar-refractivity contribution in [3.05, 3.63) is 41.5 Å². The number of aldehydes is 1. The summed E-state index contributed by atoms with van der Waals surface area (Å²) in [5.41, 5.74) is 2.07. The van der Waals surface area contributed by atoms with Crippen molar-refractivity contribution >= 4 is 17.9 Å². The van der Waals surface area contributed by atoms with Crippen LogP contribution in [0, 0.1) is 0 Å². The zero-order chi connectivity index (χ0) is 12.1. The Kier molecular flexibility index (Phi) is 4.00. The minimum Gasteiger partial charge on any atom is -0.311 e. The van der Waals surface area contributed by atoms with Crippen LogP contribution in [0.1, 0.15) is 24.2 Å². The first-order valence-corrected chi connectivity index (χ1v) is 5.03. The van der Waals surface area contributed by atoms with Crippen molar-refractivity contribution in [2.24, 2.45) is 0 Å². The van der Waals surface area contributed by atoms with Crippen molar-refractivity contribution in [1.29, 1.82) is 0 Å². The standard InChI is InChI=1S/C13H15NO2/c1-10(2)8-13(16)14(3)12-7-5-4-6-11(12)9-15/h4-9H,1-3H3. The van der Waals surface area contributed by atoms with E-state index in [-0.39, 0.29) is 5.91 Å². The maximum Gasteiger partial charge on any atom is 0.250 e. The monoisotopic (exact) mass is 217 g/mol. The van der Waals surface area contributed by atoms with Crippen molar-refractivity contribution in [3.8, 4) is 0 Å². The van der Waals surface area contributed by atoms with Crippen molar-refractivity contribution in [1.82, 2.24) is 0 Å². The van der Waals surface area contributed by atoms with Gasteiger partial charge in [0.05, 0.1) is 5.69 Å². The van der Waals surface area contributed by atoms with Gasteiger partial charge in [0.25, 0.3) is 5.91 Å². The van der Waals surface area contributed by atoms with E-state index in [1.807, 2.05) is 13.8 Å². The molecule has 0 aliphatic heterocycles. The minimum absolute atomic E-state index is 0.130. The summed E-state index contributed by atoms with van der Waals surface area (Å²) in [5, 5.41) is 0. The van der Waals surface area contributed by atoms with Gasteiger partial charge in [0.15, 0.2) is 6.29 Å². The molecule has 0 bridgehead atoms. The fraction of sp³-hybridized carbons (Fsp3) is 0.231. The maximum absolute atomic E-state index is 11.8. The topological polar surface area (TPSA) is 37.4 Å². The van der Waals surface area contributed by atoms with E-state index in [1.54, 1.807) is 37.4 Å². The average molecular weight is 217 g/mol. The van der Waals surface area contributed by atoms with Gasteiger partial charge in [-0.25, -0.2) is 0 Å². The third-order valence-electron chi connectivity index (χ3n) is 2.17. The van der Waals surface area contributed by atoms with E-state index < -0.39 is 0 Å². The molecule has 0 N–H and O–H groups in total. The quantitative estimate of drug-likeness (QED) is 0.576. The van der Waals surface area contributed by atoms with Gasteiger partial charge in [0.1, 0.15) is 0 Å². The van der Waals surface area contributed by atoms with Gasteiger partial charge in [-0.15, -0.1) is 0 Å². The Morgan fingerprint density at radius 2 is 1.88 bits per heavy atom. The Morgan fingerprint density at radius 1 is 1.25 bits per heavy atom. The number of amides is 1. The summed E-state index contributed by atoms with van der Waals surface area (Å²) < 4.78 is 0. The van der Waals surface area contributed by atoms with Crippen molar-refractivity contribution in [2.75, 3.05) is 11.9 Å². The molecule has 3 heteroatoms. The smallest absolute Gasteiger partial charge is 0.250 e. The number of benzene rings is 1. The molecule has 0 heterocycles. The third-order valence-corrected chi connectivity index (χ3v) is 2.17. The molecule has 0 radical (unpaired) electrons. The number of anilines is 1. The van der Waals surface area contributed by atoms with Gasteiger partial charge >= 0.3 is 0 Å². The highest BCUT2D eigenvalue weighted by Gasteiger charge is 2.11. The van der Waals surface area contributed by atoms with Crippen LogP contribution in [0.25, 0.3) is 0 Å². The second-order valence-electron chi connectivity index (χ2n) is 3.80. The summed E-state index contributed by atoms with van der Waals surface area (Å²) in [7, 11) is 1.66. The number of carbonyl (C=O) groups is 2. The molecule has 1 aromatic rings. The van der Waals surface area contributed by atoms with Crippen LogP contribution in [0.3, 0.4) is 0 Å². The lowest BCUT2D eigenvalue weighted by molar-refractivity contribution is -0.113. The van der Waals surface area contributed by atoms with Crippen LogP contribution in [0.4, 0.5) is 5.69 Å². The first-order valence-electron chi connectivity index (χ1n) is 5.03. The van der Waals surface area contributed by atoms with E-state index in [0.29, 0.717) is 11.3 Å². The van der Waals surface area contributed by atoms with Gasteiger partial charge in [0, 0.05) is 18.7 Å². The molecule has 1 aromatic carbocycles. The summed E-state index contributed by atoms with van der Waals surface area (Å²) in [6, 6.07) is 7.01. The molecule has 84 valence electrons. The fourth-order valence-electron chi connectivity index (χ4n) is 1.36. The van der Waals surface area contributed by atoms with E-state index in [4.69, 9.17) is 0 Å². The molecule has 0 atom stereocenters. The first-order chi connectivity index (χ1) is 7.56. The first kappa shape index (κ1) is 12.2. The van der Waals surface area contributed by atoms with Gasteiger partial charge in [0.2, 0.25) is 0 Å². The molecule has 0 aliphatic carbocycles. The molecule has 0 fully saturated rings. The number of nitrogens with zero attached hydrogens (tertiary/aromatic N) is 1. The van der Waals surface area contributed by atoms with Crippen LogP contribution < -0.4 is 4.90 Å². The summed E-state index contributed by atoms with van der Waals surface area (Å²) in [6.45, 7) is 3.72. The predicted octanol–water partition coefficient (Wildman–Crippen LogP) is 2.43. The van der Waals surface area contributed by atoms with E-state index in [1.165, 1.54) is 4.90 Å². The summed E-state index contributed by atoms with van der Waals surface area (Å²) in [6.07, 6.45) is 2.29. The fourth-order valence-corrected chi connectivity index (χ4v) is 1.36. The van der Waals surface area contributed by atoms with Crippen LogP contribution in [0.15, 0.2) is 35.9 Å². The molecule has 1 rings (SSSR count). The predicted molar refractivity (Wildman–Crippen MR) is 64.7 cm³/mol. The Bertz CT molecular complexity index is 431. The largest absolute Gasteiger partial charge is 0.311 e. The number of hydrogen-bond acceptors (Lipinski definition) is 2. The van der Waals surface area contributed by atoms with E-state index in [2.05, 4.69) is 0 Å². The van der Waals surface area contributed by atoms with Gasteiger partial charge in [-0.1, -0.05) is 17.7 Å². The summed E-state index contributed by atoms with van der Waals surface area (Å²) >= 11 is 0. The minimum atomic E-state index is -0.130. The number of hydrogen-bond donors (Lipinski definition) is 0. The second-order valence-corrected chi connectivity index (χ2v) is 3.80. The number of rotatable bonds is 3. The lowest BCUT2D eigenvalue weighted by atomic mass is 10.1. The average Bonchev–Trinajstić information content (AvgIpc) is 2.27. The van der Waals surface area contributed by atoms with Crippen LogP contribution in [-0.2, 0) is 4.79 Å². The number of likely N-dealkylation sites (N-methyl/N-ethyl adjacent to an activating group) is 1. The Balaban J connectivity index is 3.05. The van der Waals surface area contributed by atoms with E-state index in [0.717, 1.165) is 11.9 Å². The maximum atomic E-state index is 11.8. The zero-order valence-corrected chi connectivity index (χ0v) is 9.73. The highest BCUT2D eigenvalue weighted by Crippen LogP contribution is 2.17. The van der Waals surface area contributed by atoms with Gasteiger partial charge < -0.3 is 4.90 Å². The SMILES string of the molecule is CC(C)=CC(=O)N(C)c1ccccc1C=O. The van der Waals surface area contributed by atoms with Gasteiger partial charge in [-0.3, -0.25) is 9.59 Å². The van der Waals surface area contributed by atoms with E-state index in [9.17, 15) is 9.59 Å². The van der Waals surface area contributed by atoms with Crippen molar-refractivity contribution in [2.45, 2.75) is 13.8 Å². The molecule has 0 saturated carbocycles. The normalized spacial score (nSPS) is 9.44. The molecule has 0 saturated heterocycles. The lowest BCUT2D eigenvalue weighted by Crippen LogP contribution is -2.25. The molecule has 0 aromatic heterocycles. The molecular formula is C13H15NO2. The zero-order valence-electron chi connectivity index (χ0n) is 9.73. The molecule has 0 spiro atoms. The number of carbonyl (C=O) groups excluding carboxylic acids is 2. The molecule has 0 aliphatic rings. The number of para-hydroxylation sites is 1. The van der Waals surface area contributed by atoms with Crippen molar-refractivity contribution in [3.63, 3.8) is 0 Å². The molecular weight excluding hydrogens is 202 g/mol. The Hall–Kier alpha value is -1.90. The molecule has 1 amide bonds. The molecule has 3 nitrogen and oxygen atoms in total. The van der Waals surface area contributed by atoms with Crippen LogP contribution in [-0.4, -0.2) is 19.2 Å². The number of allylic oxidation sites excluding steroid dienone is 1. The highest BCUT2D eigenvalue weighted by atomic mass is 16.2. The van der Waals surface area contributed by atoms with Crippen molar-refractivity contribution < 1.29 is 9.59 Å². The summed E-state index contributed by atoms with van der Waals surface area (Å²) in [4.78, 5) is 24.0. The second kappa shape index (κ2) is 5.26. The van der Waals surface area contributed by atoms with Crippen LogP contribution >= 0.6 is 0 Å². The van der Waals surface area contributed by atoms with Gasteiger partial charge in [-0.2, -0.15) is 0 Å². The highest BCUT2D eigenvalue weighted by molar-refractivity contribution is 6.04. The van der Waals surface area contributed by atoms with Gasteiger partial charge in [-0.05, 0) is 26.0 Å². The van der Waals surface area contributed by atoms with Crippen LogP contribution in [0.2, 0.25) is 0 Å².